The van der Waals surface area contributed by atoms with E-state index in [-0.39, 0.29) is 29.9 Å². The van der Waals surface area contributed by atoms with Crippen LogP contribution in [0.3, 0.4) is 0 Å². The van der Waals surface area contributed by atoms with Gasteiger partial charge in [-0.25, -0.2) is 13.4 Å². The summed E-state index contributed by atoms with van der Waals surface area (Å²) >= 11 is 0. The second kappa shape index (κ2) is 10.5. The number of anilines is 1. The number of benzene rings is 2. The quantitative estimate of drug-likeness (QED) is 0.504. The van der Waals surface area contributed by atoms with Gasteiger partial charge in [-0.2, -0.15) is 4.31 Å². The summed E-state index contributed by atoms with van der Waals surface area (Å²) in [6.07, 6.45) is 2.43. The molecule has 0 unspecified atom stereocenters. The van der Waals surface area contributed by atoms with Crippen molar-refractivity contribution in [2.45, 2.75) is 31.7 Å². The first-order chi connectivity index (χ1) is 16.8. The highest BCUT2D eigenvalue weighted by Gasteiger charge is 2.33. The second-order valence-corrected chi connectivity index (χ2v) is 10.3. The van der Waals surface area contributed by atoms with E-state index >= 15 is 0 Å². The first-order valence-corrected chi connectivity index (χ1v) is 13.0. The van der Waals surface area contributed by atoms with Crippen molar-refractivity contribution in [3.63, 3.8) is 0 Å². The van der Waals surface area contributed by atoms with Crippen LogP contribution < -0.4 is 14.8 Å². The summed E-state index contributed by atoms with van der Waals surface area (Å²) in [7, 11) is -1.90. The summed E-state index contributed by atoms with van der Waals surface area (Å²) in [6.45, 7) is 4.86. The summed E-state index contributed by atoms with van der Waals surface area (Å²) in [6, 6.07) is 14.5. The van der Waals surface area contributed by atoms with Gasteiger partial charge in [0.2, 0.25) is 5.91 Å². The standard InChI is InChI=1S/C25H30N4O5S/c1-4-33-21-9-11-23(12-10-21)34-22-7-5-20(6-8-22)27-25(30)19-13-15-29(16-14-19)35(31,32)24-17-28(3)18(2)26-24/h5-12,17,19H,4,13-16H2,1-3H3,(H,27,30). The number of ether oxygens (including phenoxy) is 2. The predicted molar refractivity (Wildman–Crippen MR) is 132 cm³/mol. The number of aromatic nitrogens is 2. The average Bonchev–Trinajstić information content (AvgIpc) is 3.21. The number of piperidine rings is 1. The molecule has 0 saturated carbocycles. The van der Waals surface area contributed by atoms with Crippen LogP contribution in [0.4, 0.5) is 5.69 Å². The normalized spacial score (nSPS) is 15.1. The van der Waals surface area contributed by atoms with Gasteiger partial charge in [0.15, 0.2) is 5.03 Å². The molecule has 186 valence electrons. The molecule has 1 aliphatic rings. The van der Waals surface area contributed by atoms with Gasteiger partial charge >= 0.3 is 0 Å². The van der Waals surface area contributed by atoms with E-state index in [1.165, 1.54) is 10.5 Å². The Kier molecular flexibility index (Phi) is 7.42. The molecule has 0 bridgehead atoms. The number of nitrogens with zero attached hydrogens (tertiary/aromatic N) is 3. The summed E-state index contributed by atoms with van der Waals surface area (Å²) in [5.41, 5.74) is 0.660. The number of sulfonamides is 1. The Morgan fingerprint density at radius 3 is 2.14 bits per heavy atom. The number of carbonyl (C=O) groups is 1. The molecule has 0 spiro atoms. The zero-order chi connectivity index (χ0) is 25.0. The number of hydrogen-bond donors (Lipinski definition) is 1. The van der Waals surface area contributed by atoms with Crippen LogP contribution >= 0.6 is 0 Å². The van der Waals surface area contributed by atoms with Crippen LogP contribution in [0.25, 0.3) is 0 Å². The molecule has 10 heteroatoms. The number of amides is 1. The van der Waals surface area contributed by atoms with Crippen molar-refractivity contribution < 1.29 is 22.7 Å². The van der Waals surface area contributed by atoms with E-state index in [1.807, 2.05) is 31.2 Å². The highest BCUT2D eigenvalue weighted by molar-refractivity contribution is 7.89. The van der Waals surface area contributed by atoms with Gasteiger partial charge in [-0.15, -0.1) is 0 Å². The van der Waals surface area contributed by atoms with Gasteiger partial charge in [0.05, 0.1) is 6.61 Å². The van der Waals surface area contributed by atoms with Gasteiger partial charge in [-0.3, -0.25) is 4.79 Å². The van der Waals surface area contributed by atoms with Crippen molar-refractivity contribution in [3.8, 4) is 17.2 Å². The van der Waals surface area contributed by atoms with E-state index in [0.29, 0.717) is 42.5 Å². The van der Waals surface area contributed by atoms with Crippen LogP contribution in [0.2, 0.25) is 0 Å². The molecule has 2 heterocycles. The molecular weight excluding hydrogens is 468 g/mol. The molecule has 9 nitrogen and oxygen atoms in total. The molecule has 3 aromatic rings. The molecule has 0 atom stereocenters. The number of imidazole rings is 1. The third-order valence-electron chi connectivity index (χ3n) is 6.01. The van der Waals surface area contributed by atoms with Gasteiger partial charge in [-0.1, -0.05) is 0 Å². The Bertz CT molecular complexity index is 1240. The van der Waals surface area contributed by atoms with E-state index in [2.05, 4.69) is 10.3 Å². The lowest BCUT2D eigenvalue weighted by Gasteiger charge is -2.29. The zero-order valence-electron chi connectivity index (χ0n) is 20.1. The Balaban J connectivity index is 1.29. The van der Waals surface area contributed by atoms with Crippen molar-refractivity contribution in [3.05, 3.63) is 60.6 Å². The van der Waals surface area contributed by atoms with Crippen molar-refractivity contribution in [1.82, 2.24) is 13.9 Å². The number of rotatable bonds is 8. The molecule has 1 aromatic heterocycles. The summed E-state index contributed by atoms with van der Waals surface area (Å²) in [5, 5.41) is 2.97. The van der Waals surface area contributed by atoms with Crippen molar-refractivity contribution >= 4 is 21.6 Å². The topological polar surface area (TPSA) is 103 Å². The predicted octanol–water partition coefficient (Wildman–Crippen LogP) is 3.96. The van der Waals surface area contributed by atoms with E-state index in [9.17, 15) is 13.2 Å². The minimum Gasteiger partial charge on any atom is -0.494 e. The molecule has 1 saturated heterocycles. The highest BCUT2D eigenvalue weighted by Crippen LogP contribution is 2.27. The highest BCUT2D eigenvalue weighted by atomic mass is 32.2. The fourth-order valence-electron chi connectivity index (χ4n) is 3.90. The second-order valence-electron chi connectivity index (χ2n) is 8.44. The third-order valence-corrected chi connectivity index (χ3v) is 7.78. The first kappa shape index (κ1) is 24.7. The largest absolute Gasteiger partial charge is 0.494 e. The van der Waals surface area contributed by atoms with Crippen molar-refractivity contribution in [1.29, 1.82) is 0 Å². The maximum atomic E-state index is 12.9. The van der Waals surface area contributed by atoms with Gasteiger partial charge in [0, 0.05) is 37.9 Å². The van der Waals surface area contributed by atoms with Crippen molar-refractivity contribution in [2.24, 2.45) is 13.0 Å². The van der Waals surface area contributed by atoms with Gasteiger partial charge < -0.3 is 19.4 Å². The lowest BCUT2D eigenvalue weighted by molar-refractivity contribution is -0.120. The van der Waals surface area contributed by atoms with E-state index < -0.39 is 10.0 Å². The number of nitrogens with one attached hydrogen (secondary N) is 1. The Morgan fingerprint density at radius 1 is 1.03 bits per heavy atom. The third kappa shape index (κ3) is 5.83. The van der Waals surface area contributed by atoms with Gasteiger partial charge in [0.25, 0.3) is 10.0 Å². The monoisotopic (exact) mass is 498 g/mol. The summed E-state index contributed by atoms with van der Waals surface area (Å²) in [4.78, 5) is 16.9. The molecule has 1 amide bonds. The number of hydrogen-bond acceptors (Lipinski definition) is 6. The smallest absolute Gasteiger partial charge is 0.262 e. The van der Waals surface area contributed by atoms with Crippen molar-refractivity contribution in [2.75, 3.05) is 25.0 Å². The van der Waals surface area contributed by atoms with E-state index in [1.54, 1.807) is 42.8 Å². The van der Waals surface area contributed by atoms with Gasteiger partial charge in [0.1, 0.15) is 23.1 Å². The van der Waals surface area contributed by atoms with Crippen LogP contribution in [-0.2, 0) is 21.9 Å². The Hall–Kier alpha value is -3.37. The fourth-order valence-corrected chi connectivity index (χ4v) is 5.39. The minimum absolute atomic E-state index is 0.0490. The van der Waals surface area contributed by atoms with Crippen LogP contribution in [0.15, 0.2) is 59.8 Å². The van der Waals surface area contributed by atoms with Crippen LogP contribution in [0.5, 0.6) is 17.2 Å². The molecule has 35 heavy (non-hydrogen) atoms. The summed E-state index contributed by atoms with van der Waals surface area (Å²) < 4.78 is 40.1. The van der Waals surface area contributed by atoms with Crippen LogP contribution in [0, 0.1) is 12.8 Å². The molecule has 2 aromatic carbocycles. The minimum atomic E-state index is -3.66. The van der Waals surface area contributed by atoms with E-state index in [0.717, 1.165) is 5.75 Å². The lowest BCUT2D eigenvalue weighted by atomic mass is 9.97. The lowest BCUT2D eigenvalue weighted by Crippen LogP contribution is -2.41. The molecule has 1 N–H and O–H groups in total. The molecule has 0 aliphatic carbocycles. The molecular formula is C25H30N4O5S. The van der Waals surface area contributed by atoms with Gasteiger partial charge in [-0.05, 0) is 75.2 Å². The van der Waals surface area contributed by atoms with Crippen LogP contribution in [0.1, 0.15) is 25.6 Å². The fraction of sp³-hybridized carbons (Fsp3) is 0.360. The van der Waals surface area contributed by atoms with Crippen LogP contribution in [-0.4, -0.2) is 47.9 Å². The Morgan fingerprint density at radius 2 is 1.60 bits per heavy atom. The maximum Gasteiger partial charge on any atom is 0.262 e. The van der Waals surface area contributed by atoms with E-state index in [4.69, 9.17) is 9.47 Å². The SMILES string of the molecule is CCOc1ccc(Oc2ccc(NC(=O)C3CCN(S(=O)(=O)c4cn(C)c(C)n4)CC3)cc2)cc1. The molecule has 1 aliphatic heterocycles. The molecule has 4 rings (SSSR count). The molecule has 1 fully saturated rings. The zero-order valence-corrected chi connectivity index (χ0v) is 20.9. The number of aryl methyl sites for hydroxylation is 2. The maximum absolute atomic E-state index is 12.9. The summed E-state index contributed by atoms with van der Waals surface area (Å²) in [5.74, 6) is 2.38. The number of carbonyl (C=O) groups excluding carboxylic acids is 1. The average molecular weight is 499 g/mol. The Labute approximate surface area is 205 Å². The molecule has 0 radical (unpaired) electrons. The first-order valence-electron chi connectivity index (χ1n) is 11.6.